The molecule has 4 rings (SSSR count). The maximum Gasteiger partial charge on any atom is 0.213 e. The number of nitrogens with one attached hydrogen (secondary N) is 1. The lowest BCUT2D eigenvalue weighted by atomic mass is 9.98. The largest absolute Gasteiger partial charge is 0.481 e. The molecule has 0 atom stereocenters. The van der Waals surface area contributed by atoms with Crippen molar-refractivity contribution in [3.05, 3.63) is 66.2 Å². The molecule has 3 heteroatoms. The summed E-state index contributed by atoms with van der Waals surface area (Å²) in [6.45, 7) is 2.04. The predicted molar refractivity (Wildman–Crippen MR) is 99.2 cm³/mol. The molecule has 1 aromatic heterocycles. The van der Waals surface area contributed by atoms with Gasteiger partial charge in [0, 0.05) is 18.0 Å². The third-order valence-corrected chi connectivity index (χ3v) is 4.49. The quantitative estimate of drug-likeness (QED) is 0.783. The van der Waals surface area contributed by atoms with Crippen LogP contribution in [0.15, 0.2) is 60.7 Å². The minimum absolute atomic E-state index is 0.647. The van der Waals surface area contributed by atoms with Crippen LogP contribution in [0, 0.1) is 0 Å². The van der Waals surface area contributed by atoms with Crippen molar-refractivity contribution in [2.75, 3.05) is 20.2 Å². The highest BCUT2D eigenvalue weighted by molar-refractivity contribution is 5.85. The normalized spacial score (nSPS) is 14.5. The van der Waals surface area contributed by atoms with Crippen LogP contribution in [-0.4, -0.2) is 25.2 Å². The fraction of sp³-hybridized carbons (Fsp3) is 0.190. The number of hydrogen-bond donors (Lipinski definition) is 1. The van der Waals surface area contributed by atoms with E-state index in [1.807, 2.05) is 6.07 Å². The van der Waals surface area contributed by atoms with E-state index in [0.29, 0.717) is 5.88 Å². The van der Waals surface area contributed by atoms with E-state index in [4.69, 9.17) is 4.74 Å². The highest BCUT2D eigenvalue weighted by Gasteiger charge is 2.07. The van der Waals surface area contributed by atoms with E-state index < -0.39 is 0 Å². The zero-order valence-electron chi connectivity index (χ0n) is 13.8. The van der Waals surface area contributed by atoms with E-state index >= 15 is 0 Å². The van der Waals surface area contributed by atoms with Gasteiger partial charge in [0.25, 0.3) is 0 Å². The van der Waals surface area contributed by atoms with Gasteiger partial charge in [-0.05, 0) is 53.4 Å². The number of hydrogen-bond acceptors (Lipinski definition) is 3. The van der Waals surface area contributed by atoms with Crippen LogP contribution < -0.4 is 10.1 Å². The van der Waals surface area contributed by atoms with Gasteiger partial charge in [0.05, 0.1) is 12.6 Å². The third-order valence-electron chi connectivity index (χ3n) is 4.49. The van der Waals surface area contributed by atoms with Gasteiger partial charge in [0.2, 0.25) is 5.88 Å². The Morgan fingerprint density at radius 1 is 0.917 bits per heavy atom. The smallest absolute Gasteiger partial charge is 0.213 e. The fourth-order valence-electron chi connectivity index (χ4n) is 3.14. The Bertz CT molecular complexity index is 897. The number of ether oxygens (including phenoxy) is 1. The second-order valence-corrected chi connectivity index (χ2v) is 6.03. The van der Waals surface area contributed by atoms with Crippen molar-refractivity contribution >= 4 is 16.5 Å². The molecule has 2 heterocycles. The molecule has 2 aromatic carbocycles. The van der Waals surface area contributed by atoms with Crippen molar-refractivity contribution in [3.8, 4) is 17.0 Å². The topological polar surface area (TPSA) is 34.1 Å². The summed E-state index contributed by atoms with van der Waals surface area (Å²) in [6, 6.07) is 19.1. The Morgan fingerprint density at radius 2 is 1.71 bits per heavy atom. The molecular formula is C21H20N2O. The maximum absolute atomic E-state index is 5.19. The molecule has 0 fully saturated rings. The van der Waals surface area contributed by atoms with Gasteiger partial charge in [-0.25, -0.2) is 4.98 Å². The standard InChI is InChI=1S/C21H20N2O/c1-24-21-11-9-18-13-17(8-10-20(18)23-21)15-4-6-16(7-5-15)19-3-2-12-22-14-19/h3-11,13,22H,2,12,14H2,1H3. The molecule has 0 saturated heterocycles. The maximum atomic E-state index is 5.19. The summed E-state index contributed by atoms with van der Waals surface area (Å²) in [6.07, 6.45) is 3.44. The van der Waals surface area contributed by atoms with Crippen LogP contribution in [0.1, 0.15) is 12.0 Å². The first-order chi connectivity index (χ1) is 11.8. The Balaban J connectivity index is 1.65. The highest BCUT2D eigenvalue weighted by Crippen LogP contribution is 2.27. The average molecular weight is 316 g/mol. The molecule has 0 radical (unpaired) electrons. The van der Waals surface area contributed by atoms with Crippen molar-refractivity contribution in [2.24, 2.45) is 0 Å². The lowest BCUT2D eigenvalue weighted by Gasteiger charge is -2.15. The first kappa shape index (κ1) is 14.9. The predicted octanol–water partition coefficient (Wildman–Crippen LogP) is 4.29. The van der Waals surface area contributed by atoms with Gasteiger partial charge in [-0.15, -0.1) is 0 Å². The van der Waals surface area contributed by atoms with Crippen LogP contribution in [0.4, 0.5) is 0 Å². The molecule has 0 spiro atoms. The molecule has 1 aliphatic heterocycles. The van der Waals surface area contributed by atoms with Gasteiger partial charge in [-0.3, -0.25) is 0 Å². The van der Waals surface area contributed by atoms with Gasteiger partial charge in [-0.1, -0.05) is 36.4 Å². The zero-order chi connectivity index (χ0) is 16.4. The molecule has 1 aliphatic rings. The highest BCUT2D eigenvalue weighted by atomic mass is 16.5. The van der Waals surface area contributed by atoms with Gasteiger partial charge < -0.3 is 10.1 Å². The first-order valence-electron chi connectivity index (χ1n) is 8.29. The van der Waals surface area contributed by atoms with Crippen molar-refractivity contribution in [1.82, 2.24) is 10.3 Å². The second-order valence-electron chi connectivity index (χ2n) is 6.03. The monoisotopic (exact) mass is 316 g/mol. The van der Waals surface area contributed by atoms with E-state index in [2.05, 4.69) is 64.9 Å². The van der Waals surface area contributed by atoms with E-state index in [9.17, 15) is 0 Å². The van der Waals surface area contributed by atoms with Crippen LogP contribution in [0.5, 0.6) is 5.88 Å². The molecule has 3 nitrogen and oxygen atoms in total. The lowest BCUT2D eigenvalue weighted by Crippen LogP contribution is -2.21. The number of fused-ring (bicyclic) bond motifs is 1. The molecule has 0 amide bonds. The summed E-state index contributed by atoms with van der Waals surface area (Å²) in [5, 5.41) is 4.55. The Hall–Kier alpha value is -2.65. The first-order valence-corrected chi connectivity index (χ1v) is 8.29. The zero-order valence-corrected chi connectivity index (χ0v) is 13.8. The molecule has 0 saturated carbocycles. The number of nitrogens with zero attached hydrogens (tertiary/aromatic N) is 1. The van der Waals surface area contributed by atoms with Crippen LogP contribution in [0.3, 0.4) is 0 Å². The molecule has 120 valence electrons. The van der Waals surface area contributed by atoms with Crippen LogP contribution in [0.2, 0.25) is 0 Å². The number of pyridine rings is 1. The van der Waals surface area contributed by atoms with Gasteiger partial charge in [-0.2, -0.15) is 0 Å². The van der Waals surface area contributed by atoms with E-state index in [1.165, 1.54) is 22.3 Å². The van der Waals surface area contributed by atoms with Crippen molar-refractivity contribution in [3.63, 3.8) is 0 Å². The van der Waals surface area contributed by atoms with Crippen LogP contribution in [0.25, 0.3) is 27.6 Å². The summed E-state index contributed by atoms with van der Waals surface area (Å²) in [5.41, 5.74) is 6.08. The molecule has 0 aliphatic carbocycles. The van der Waals surface area contributed by atoms with E-state index in [-0.39, 0.29) is 0 Å². The lowest BCUT2D eigenvalue weighted by molar-refractivity contribution is 0.399. The molecule has 24 heavy (non-hydrogen) atoms. The number of methoxy groups -OCH3 is 1. The minimum atomic E-state index is 0.647. The Morgan fingerprint density at radius 3 is 2.46 bits per heavy atom. The average Bonchev–Trinajstić information content (AvgIpc) is 2.68. The summed E-state index contributed by atoms with van der Waals surface area (Å²) in [4.78, 5) is 4.47. The SMILES string of the molecule is COc1ccc2cc(-c3ccc(C4=CCCNC4)cc3)ccc2n1. The fourth-order valence-corrected chi connectivity index (χ4v) is 3.14. The van der Waals surface area contributed by atoms with Crippen molar-refractivity contribution in [2.45, 2.75) is 6.42 Å². The van der Waals surface area contributed by atoms with Gasteiger partial charge >= 0.3 is 0 Å². The van der Waals surface area contributed by atoms with Gasteiger partial charge in [0.15, 0.2) is 0 Å². The molecule has 3 aromatic rings. The van der Waals surface area contributed by atoms with Crippen molar-refractivity contribution in [1.29, 1.82) is 0 Å². The molecule has 0 bridgehead atoms. The summed E-state index contributed by atoms with van der Waals surface area (Å²) in [7, 11) is 1.64. The summed E-state index contributed by atoms with van der Waals surface area (Å²) >= 11 is 0. The van der Waals surface area contributed by atoms with Crippen molar-refractivity contribution < 1.29 is 4.74 Å². The molecule has 1 N–H and O–H groups in total. The van der Waals surface area contributed by atoms with Crippen LogP contribution >= 0.6 is 0 Å². The molecule has 0 unspecified atom stereocenters. The Labute approximate surface area is 142 Å². The summed E-state index contributed by atoms with van der Waals surface area (Å²) in [5.74, 6) is 0.647. The van der Waals surface area contributed by atoms with E-state index in [1.54, 1.807) is 7.11 Å². The third kappa shape index (κ3) is 2.91. The van der Waals surface area contributed by atoms with Gasteiger partial charge in [0.1, 0.15) is 0 Å². The van der Waals surface area contributed by atoms with E-state index in [0.717, 1.165) is 30.4 Å². The summed E-state index contributed by atoms with van der Waals surface area (Å²) < 4.78 is 5.19. The second kappa shape index (κ2) is 6.46. The van der Waals surface area contributed by atoms with Crippen LogP contribution in [-0.2, 0) is 0 Å². The number of aromatic nitrogens is 1. The number of rotatable bonds is 3. The Kier molecular flexibility index (Phi) is 4.01. The molecular weight excluding hydrogens is 296 g/mol. The minimum Gasteiger partial charge on any atom is -0.481 e. The number of benzene rings is 2.